The van der Waals surface area contributed by atoms with Crippen LogP contribution in [0.2, 0.25) is 0 Å². The molecule has 1 aromatic rings. The van der Waals surface area contributed by atoms with Crippen LogP contribution < -0.4 is 15.4 Å². The number of benzene rings is 1. The molecule has 18 heavy (non-hydrogen) atoms. The van der Waals surface area contributed by atoms with Gasteiger partial charge in [0.15, 0.2) is 0 Å². The average Bonchev–Trinajstić information content (AvgIpc) is 2.39. The molecule has 2 N–H and O–H groups in total. The molecular weight excluding hydrogens is 251 g/mol. The van der Waals surface area contributed by atoms with Crippen LogP contribution in [0.25, 0.3) is 0 Å². The second-order valence-corrected chi connectivity index (χ2v) is 5.61. The minimum Gasteiger partial charge on any atom is -0.495 e. The van der Waals surface area contributed by atoms with Crippen LogP contribution in [-0.2, 0) is 0 Å². The fourth-order valence-electron chi connectivity index (χ4n) is 2.31. The molecule has 1 aromatic carbocycles. The lowest BCUT2D eigenvalue weighted by Gasteiger charge is -2.33. The summed E-state index contributed by atoms with van der Waals surface area (Å²) in [6, 6.07) is 3.04. The van der Waals surface area contributed by atoms with Gasteiger partial charge in [0.2, 0.25) is 0 Å². The summed E-state index contributed by atoms with van der Waals surface area (Å²) in [6.45, 7) is 1.77. The quantitative estimate of drug-likeness (QED) is 0.857. The Morgan fingerprint density at radius 3 is 2.61 bits per heavy atom. The first kappa shape index (κ1) is 13.3. The Hall–Kier alpha value is -1.10. The molecule has 0 amide bonds. The van der Waals surface area contributed by atoms with Crippen LogP contribution in [0.1, 0.15) is 12.8 Å². The van der Waals surface area contributed by atoms with E-state index in [1.807, 2.05) is 11.8 Å². The molecule has 2 rings (SSSR count). The van der Waals surface area contributed by atoms with Gasteiger partial charge in [0, 0.05) is 30.5 Å². The van der Waals surface area contributed by atoms with Gasteiger partial charge < -0.3 is 15.4 Å². The van der Waals surface area contributed by atoms with Crippen molar-refractivity contribution in [3.8, 4) is 5.75 Å². The van der Waals surface area contributed by atoms with Gasteiger partial charge in [-0.1, -0.05) is 0 Å². The minimum absolute atomic E-state index is 0.268. The Balaban J connectivity index is 2.18. The number of rotatable bonds is 3. The molecule has 1 saturated heterocycles. The Labute approximate surface area is 111 Å². The summed E-state index contributed by atoms with van der Waals surface area (Å²) >= 11 is 1.89. The lowest BCUT2D eigenvalue weighted by atomic mass is 10.1. The van der Waals surface area contributed by atoms with E-state index in [1.165, 1.54) is 6.07 Å². The third-order valence-electron chi connectivity index (χ3n) is 3.42. The van der Waals surface area contributed by atoms with E-state index >= 15 is 0 Å². The van der Waals surface area contributed by atoms with E-state index in [1.54, 1.807) is 13.2 Å². The summed E-state index contributed by atoms with van der Waals surface area (Å²) < 4.78 is 19.1. The maximum Gasteiger partial charge on any atom is 0.148 e. The monoisotopic (exact) mass is 270 g/mol. The molecule has 0 aliphatic carbocycles. The van der Waals surface area contributed by atoms with E-state index in [2.05, 4.69) is 11.2 Å². The third kappa shape index (κ3) is 2.66. The number of halogens is 1. The van der Waals surface area contributed by atoms with Crippen molar-refractivity contribution in [2.24, 2.45) is 0 Å². The van der Waals surface area contributed by atoms with Gasteiger partial charge in [-0.25, -0.2) is 4.39 Å². The van der Waals surface area contributed by atoms with Crippen LogP contribution in [0.15, 0.2) is 12.1 Å². The highest BCUT2D eigenvalue weighted by atomic mass is 32.2. The van der Waals surface area contributed by atoms with Gasteiger partial charge in [-0.05, 0) is 19.1 Å². The SMILES string of the molecule is COc1cc(N2CCC(SC)CC2)c(F)cc1N. The molecule has 0 bridgehead atoms. The van der Waals surface area contributed by atoms with Crippen molar-refractivity contribution in [2.75, 3.05) is 37.1 Å². The zero-order valence-corrected chi connectivity index (χ0v) is 11.6. The van der Waals surface area contributed by atoms with Crippen molar-refractivity contribution in [1.29, 1.82) is 0 Å². The number of methoxy groups -OCH3 is 1. The Morgan fingerprint density at radius 2 is 2.06 bits per heavy atom. The molecule has 1 aliphatic rings. The lowest BCUT2D eigenvalue weighted by Crippen LogP contribution is -2.35. The smallest absolute Gasteiger partial charge is 0.148 e. The number of hydrogen-bond donors (Lipinski definition) is 1. The summed E-state index contributed by atoms with van der Waals surface area (Å²) in [7, 11) is 1.55. The molecule has 0 radical (unpaired) electrons. The van der Waals surface area contributed by atoms with E-state index in [4.69, 9.17) is 10.5 Å². The average molecular weight is 270 g/mol. The molecule has 5 heteroatoms. The van der Waals surface area contributed by atoms with Gasteiger partial charge in [0.05, 0.1) is 18.5 Å². The van der Waals surface area contributed by atoms with Crippen LogP contribution in [0.5, 0.6) is 5.75 Å². The summed E-state index contributed by atoms with van der Waals surface area (Å²) in [5.74, 6) is 0.272. The summed E-state index contributed by atoms with van der Waals surface area (Å²) in [6.07, 6.45) is 4.31. The van der Waals surface area contributed by atoms with Gasteiger partial charge in [-0.2, -0.15) is 11.8 Å². The molecule has 1 fully saturated rings. The summed E-state index contributed by atoms with van der Waals surface area (Å²) in [4.78, 5) is 2.07. The largest absolute Gasteiger partial charge is 0.495 e. The second kappa shape index (κ2) is 5.69. The van der Waals surface area contributed by atoms with Gasteiger partial charge in [-0.3, -0.25) is 0 Å². The highest BCUT2D eigenvalue weighted by Crippen LogP contribution is 2.33. The minimum atomic E-state index is -0.268. The van der Waals surface area contributed by atoms with Crippen molar-refractivity contribution in [2.45, 2.75) is 18.1 Å². The van der Waals surface area contributed by atoms with Crippen LogP contribution in [0.3, 0.4) is 0 Å². The predicted molar refractivity (Wildman–Crippen MR) is 76.1 cm³/mol. The maximum absolute atomic E-state index is 13.9. The molecule has 100 valence electrons. The van der Waals surface area contributed by atoms with Gasteiger partial charge >= 0.3 is 0 Å². The molecule has 0 unspecified atom stereocenters. The van der Waals surface area contributed by atoms with E-state index in [9.17, 15) is 4.39 Å². The van der Waals surface area contributed by atoms with E-state index in [0.29, 0.717) is 22.4 Å². The standard InChI is InChI=1S/C13H19FN2OS/c1-17-13-8-12(10(14)7-11(13)15)16-5-3-9(18-2)4-6-16/h7-9H,3-6,15H2,1-2H3. The van der Waals surface area contributed by atoms with Crippen LogP contribution in [0.4, 0.5) is 15.8 Å². The number of hydrogen-bond acceptors (Lipinski definition) is 4. The van der Waals surface area contributed by atoms with Crippen molar-refractivity contribution >= 4 is 23.1 Å². The highest BCUT2D eigenvalue weighted by Gasteiger charge is 2.21. The topological polar surface area (TPSA) is 38.5 Å². The first-order valence-electron chi connectivity index (χ1n) is 6.06. The fourth-order valence-corrected chi connectivity index (χ4v) is 2.99. The Kier molecular flexibility index (Phi) is 4.22. The molecule has 0 spiro atoms. The van der Waals surface area contributed by atoms with Crippen LogP contribution in [-0.4, -0.2) is 31.7 Å². The molecule has 0 saturated carbocycles. The number of piperidine rings is 1. The maximum atomic E-state index is 13.9. The van der Waals surface area contributed by atoms with Crippen molar-refractivity contribution < 1.29 is 9.13 Å². The van der Waals surface area contributed by atoms with Gasteiger partial charge in [-0.15, -0.1) is 0 Å². The van der Waals surface area contributed by atoms with Crippen molar-refractivity contribution in [3.63, 3.8) is 0 Å². The van der Waals surface area contributed by atoms with Crippen LogP contribution in [0, 0.1) is 5.82 Å². The number of nitrogen functional groups attached to an aromatic ring is 1. The number of nitrogens with two attached hydrogens (primary N) is 1. The fraction of sp³-hybridized carbons (Fsp3) is 0.538. The molecule has 1 aliphatic heterocycles. The number of anilines is 2. The van der Waals surface area contributed by atoms with Gasteiger partial charge in [0.1, 0.15) is 11.6 Å². The molecule has 0 atom stereocenters. The lowest BCUT2D eigenvalue weighted by molar-refractivity contribution is 0.415. The summed E-state index contributed by atoms with van der Waals surface area (Å²) in [5, 5.41) is 0.694. The molecule has 3 nitrogen and oxygen atoms in total. The first-order valence-corrected chi connectivity index (χ1v) is 7.35. The van der Waals surface area contributed by atoms with E-state index in [0.717, 1.165) is 25.9 Å². The zero-order chi connectivity index (χ0) is 13.1. The van der Waals surface area contributed by atoms with Gasteiger partial charge in [0.25, 0.3) is 0 Å². The number of ether oxygens (including phenoxy) is 1. The second-order valence-electron chi connectivity index (χ2n) is 4.47. The van der Waals surface area contributed by atoms with E-state index in [-0.39, 0.29) is 5.82 Å². The molecular formula is C13H19FN2OS. The number of thioether (sulfide) groups is 1. The Bertz CT molecular complexity index is 420. The predicted octanol–water partition coefficient (Wildman–Crippen LogP) is 2.75. The van der Waals surface area contributed by atoms with E-state index < -0.39 is 0 Å². The van der Waals surface area contributed by atoms with Crippen molar-refractivity contribution in [3.05, 3.63) is 17.9 Å². The zero-order valence-electron chi connectivity index (χ0n) is 10.8. The van der Waals surface area contributed by atoms with Crippen molar-refractivity contribution in [1.82, 2.24) is 0 Å². The normalized spacial score (nSPS) is 16.9. The Morgan fingerprint density at radius 1 is 1.39 bits per heavy atom. The highest BCUT2D eigenvalue weighted by molar-refractivity contribution is 7.99. The van der Waals surface area contributed by atoms with Crippen LogP contribution >= 0.6 is 11.8 Å². The third-order valence-corrected chi connectivity index (χ3v) is 4.55. The molecule has 1 heterocycles. The first-order chi connectivity index (χ1) is 8.65. The number of nitrogens with zero attached hydrogens (tertiary/aromatic N) is 1. The summed E-state index contributed by atoms with van der Waals surface area (Å²) in [5.41, 5.74) is 6.63. The molecule has 0 aromatic heterocycles.